The van der Waals surface area contributed by atoms with Crippen LogP contribution < -0.4 is 4.74 Å². The minimum atomic E-state index is -5.77. The van der Waals surface area contributed by atoms with Crippen molar-refractivity contribution in [1.82, 2.24) is 0 Å². The van der Waals surface area contributed by atoms with E-state index in [4.69, 9.17) is 0 Å². The largest absolute Gasteiger partial charge is 0.491 e. The Hall–Kier alpha value is -3.33. The van der Waals surface area contributed by atoms with E-state index in [-0.39, 0.29) is 6.07 Å². The highest BCUT2D eigenvalue weighted by atomic mass is 19.4. The highest BCUT2D eigenvalue weighted by Gasteiger charge is 2.47. The lowest BCUT2D eigenvalue weighted by Crippen LogP contribution is -2.34. The van der Waals surface area contributed by atoms with E-state index in [1.54, 1.807) is 0 Å². The summed E-state index contributed by atoms with van der Waals surface area (Å²) in [5, 5.41) is 0. The molecule has 0 aliphatic heterocycles. The van der Waals surface area contributed by atoms with Crippen LogP contribution in [0.15, 0.2) is 24.3 Å². The van der Waals surface area contributed by atoms with Crippen LogP contribution in [0.5, 0.6) is 5.75 Å². The van der Waals surface area contributed by atoms with Crippen LogP contribution in [0, 0.1) is 0 Å². The summed E-state index contributed by atoms with van der Waals surface area (Å²) >= 11 is 0. The van der Waals surface area contributed by atoms with Crippen molar-refractivity contribution in [1.29, 1.82) is 0 Å². The first kappa shape index (κ1) is 24.7. The molecule has 0 radical (unpaired) electrons. The van der Waals surface area contributed by atoms with Gasteiger partial charge in [0.05, 0.1) is 0 Å². The molecule has 1 rings (SSSR count). The Morgan fingerprint density at radius 1 is 0.733 bits per heavy atom. The second kappa shape index (κ2) is 8.58. The second-order valence-corrected chi connectivity index (χ2v) is 4.95. The van der Waals surface area contributed by atoms with E-state index in [9.17, 15) is 58.7 Å². The fourth-order valence-electron chi connectivity index (χ4n) is 1.53. The van der Waals surface area contributed by atoms with E-state index in [2.05, 4.69) is 14.2 Å². The molecule has 0 fully saturated rings. The Kier molecular flexibility index (Phi) is 7.07. The van der Waals surface area contributed by atoms with Gasteiger partial charge in [-0.05, 0) is 12.1 Å². The third kappa shape index (κ3) is 6.93. The molecule has 0 aliphatic rings. The molecule has 1 aromatic rings. The highest BCUT2D eigenvalue weighted by Crippen LogP contribution is 2.29. The minimum Gasteiger partial charge on any atom is -0.439 e. The average molecular weight is 456 g/mol. The molecule has 16 heteroatoms. The molecule has 0 spiro atoms. The lowest BCUT2D eigenvalue weighted by Gasteiger charge is -2.18. The fraction of sp³-hybridized carbons (Fsp3) is 0.286. The topological polar surface area (TPSA) is 96.0 Å². The van der Waals surface area contributed by atoms with Crippen LogP contribution in [-0.2, 0) is 28.7 Å². The highest BCUT2D eigenvalue weighted by molar-refractivity contribution is 5.92. The van der Waals surface area contributed by atoms with Gasteiger partial charge in [-0.3, -0.25) is 0 Å². The van der Waals surface area contributed by atoms with Gasteiger partial charge in [-0.1, -0.05) is 12.1 Å². The molecule has 0 aliphatic carbocycles. The van der Waals surface area contributed by atoms with Gasteiger partial charge in [-0.2, -0.15) is 39.5 Å². The maximum atomic E-state index is 12.4. The van der Waals surface area contributed by atoms with Gasteiger partial charge in [0.15, 0.2) is 0 Å². The lowest BCUT2D eigenvalue weighted by atomic mass is 10.1. The third-order valence-corrected chi connectivity index (χ3v) is 2.70. The Morgan fingerprint density at radius 2 is 1.23 bits per heavy atom. The van der Waals surface area contributed by atoms with Crippen molar-refractivity contribution in [2.75, 3.05) is 0 Å². The maximum absolute atomic E-state index is 12.4. The third-order valence-electron chi connectivity index (χ3n) is 2.70. The molecule has 0 N–H and O–H groups in total. The van der Waals surface area contributed by atoms with E-state index >= 15 is 0 Å². The van der Waals surface area contributed by atoms with Crippen LogP contribution in [0.2, 0.25) is 0 Å². The van der Waals surface area contributed by atoms with Crippen LogP contribution in [0.25, 0.3) is 0 Å². The lowest BCUT2D eigenvalue weighted by molar-refractivity contribution is -0.215. The number of ether oxygens (including phenoxy) is 3. The van der Waals surface area contributed by atoms with E-state index < -0.39 is 59.8 Å². The van der Waals surface area contributed by atoms with Gasteiger partial charge in [0, 0.05) is 5.56 Å². The van der Waals surface area contributed by atoms with Crippen LogP contribution in [0.4, 0.5) is 39.5 Å². The van der Waals surface area contributed by atoms with E-state index in [0.717, 1.165) is 0 Å². The molecule has 166 valence electrons. The summed E-state index contributed by atoms with van der Waals surface area (Å²) < 4.78 is 121. The smallest absolute Gasteiger partial charge is 0.439 e. The molecule has 7 nitrogen and oxygen atoms in total. The average Bonchev–Trinajstić information content (AvgIpc) is 2.56. The number of hydrogen-bond donors (Lipinski definition) is 0. The minimum absolute atomic E-state index is 0.261. The van der Waals surface area contributed by atoms with E-state index in [0.29, 0.717) is 18.2 Å². The maximum Gasteiger partial charge on any atom is 0.491 e. The Balaban J connectivity index is 3.26. The molecular formula is C14H5F9O7. The zero-order valence-electron chi connectivity index (χ0n) is 13.6. The van der Waals surface area contributed by atoms with Gasteiger partial charge in [0.25, 0.3) is 0 Å². The summed E-state index contributed by atoms with van der Waals surface area (Å²) in [6.07, 6.45) is -20.0. The van der Waals surface area contributed by atoms with Gasteiger partial charge >= 0.3 is 42.4 Å². The summed E-state index contributed by atoms with van der Waals surface area (Å²) in [6.45, 7) is 0. The first-order valence-corrected chi connectivity index (χ1v) is 6.92. The Labute approximate surface area is 158 Å². The Bertz CT molecular complexity index is 839. The van der Waals surface area contributed by atoms with Gasteiger partial charge in [0.2, 0.25) is 6.10 Å². The molecule has 0 amide bonds. The van der Waals surface area contributed by atoms with Crippen molar-refractivity contribution >= 4 is 23.9 Å². The molecule has 0 bridgehead atoms. The predicted octanol–water partition coefficient (Wildman–Crippen LogP) is 2.93. The number of esters is 4. The first-order chi connectivity index (χ1) is 13.4. The van der Waals surface area contributed by atoms with Crippen molar-refractivity contribution in [3.05, 3.63) is 29.8 Å². The number of carbonyl (C=O) groups is 4. The van der Waals surface area contributed by atoms with Crippen molar-refractivity contribution < 1.29 is 72.9 Å². The van der Waals surface area contributed by atoms with Gasteiger partial charge < -0.3 is 14.2 Å². The van der Waals surface area contributed by atoms with E-state index in [1.165, 1.54) is 0 Å². The number of hydrogen-bond acceptors (Lipinski definition) is 7. The fourth-order valence-corrected chi connectivity index (χ4v) is 1.53. The summed E-state index contributed by atoms with van der Waals surface area (Å²) in [5.41, 5.74) is -1.01. The molecule has 0 aromatic heterocycles. The predicted molar refractivity (Wildman–Crippen MR) is 70.2 cm³/mol. The van der Waals surface area contributed by atoms with Gasteiger partial charge in [-0.15, -0.1) is 0 Å². The summed E-state index contributed by atoms with van der Waals surface area (Å²) in [7, 11) is 0. The summed E-state index contributed by atoms with van der Waals surface area (Å²) in [6, 6.07) is 2.18. The zero-order valence-corrected chi connectivity index (χ0v) is 13.6. The molecular weight excluding hydrogens is 451 g/mol. The molecule has 0 saturated heterocycles. The quantitative estimate of drug-likeness (QED) is 0.298. The van der Waals surface area contributed by atoms with Crippen molar-refractivity contribution in [2.24, 2.45) is 0 Å². The van der Waals surface area contributed by atoms with Crippen LogP contribution in [-0.4, -0.2) is 42.4 Å². The number of rotatable bonds is 4. The zero-order chi connectivity index (χ0) is 23.5. The number of benzene rings is 1. The molecule has 1 unspecified atom stereocenters. The van der Waals surface area contributed by atoms with Crippen molar-refractivity contribution in [3.63, 3.8) is 0 Å². The van der Waals surface area contributed by atoms with Gasteiger partial charge in [-0.25, -0.2) is 19.2 Å². The molecule has 0 heterocycles. The Morgan fingerprint density at radius 3 is 1.70 bits per heavy atom. The monoisotopic (exact) mass is 456 g/mol. The summed E-state index contributed by atoms with van der Waals surface area (Å²) in [4.78, 5) is 44.1. The van der Waals surface area contributed by atoms with Gasteiger partial charge in [0.1, 0.15) is 5.75 Å². The van der Waals surface area contributed by atoms with E-state index in [1.807, 2.05) is 0 Å². The van der Waals surface area contributed by atoms with Crippen LogP contribution >= 0.6 is 0 Å². The van der Waals surface area contributed by atoms with Crippen molar-refractivity contribution in [3.8, 4) is 5.75 Å². The number of carbonyl (C=O) groups excluding carboxylic acids is 4. The summed E-state index contributed by atoms with van der Waals surface area (Å²) in [5.74, 6) is -12.6. The van der Waals surface area contributed by atoms with Crippen molar-refractivity contribution in [2.45, 2.75) is 24.6 Å². The first-order valence-electron chi connectivity index (χ1n) is 6.92. The normalized spacial score (nSPS) is 13.2. The standard InChI is InChI=1S/C14H5F9O7/c15-12(16,17)9(25)28-6-3-1-2-5(4-6)7(29-10(26)13(18,19)20)8(24)30-11(27)14(21,22)23/h1-4,7H. The number of alkyl halides is 9. The number of halogens is 9. The molecule has 1 atom stereocenters. The second-order valence-electron chi connectivity index (χ2n) is 4.95. The SMILES string of the molecule is O=C(OC(=O)C(F)(F)F)C(OC(=O)C(F)(F)F)c1cccc(OC(=O)C(F)(F)F)c1. The molecule has 0 saturated carbocycles. The van der Waals surface area contributed by atoms with Crippen LogP contribution in [0.3, 0.4) is 0 Å². The van der Waals surface area contributed by atoms with Crippen LogP contribution in [0.1, 0.15) is 11.7 Å². The molecule has 30 heavy (non-hydrogen) atoms. The molecule has 1 aromatic carbocycles.